The van der Waals surface area contributed by atoms with Gasteiger partial charge in [0.25, 0.3) is 0 Å². The number of rotatable bonds is 5. The third-order valence-corrected chi connectivity index (χ3v) is 7.45. The van der Waals surface area contributed by atoms with E-state index in [4.69, 9.17) is 4.99 Å². The van der Waals surface area contributed by atoms with Crippen LogP contribution < -0.4 is 15.1 Å². The molecule has 1 unspecified atom stereocenters. The first-order valence-electron chi connectivity index (χ1n) is 12.5. The van der Waals surface area contributed by atoms with Gasteiger partial charge in [-0.2, -0.15) is 0 Å². The van der Waals surface area contributed by atoms with Crippen molar-refractivity contribution in [2.45, 2.75) is 56.7 Å². The number of urea groups is 1. The summed E-state index contributed by atoms with van der Waals surface area (Å²) in [5, 5.41) is 2.99. The number of hydrogen-bond donors (Lipinski definition) is 1. The van der Waals surface area contributed by atoms with Crippen LogP contribution in [0.3, 0.4) is 0 Å². The van der Waals surface area contributed by atoms with Crippen LogP contribution in [0.1, 0.15) is 44.1 Å². The summed E-state index contributed by atoms with van der Waals surface area (Å²) in [6.07, 6.45) is 5.82. The second kappa shape index (κ2) is 9.57. The molecule has 6 nitrogen and oxygen atoms in total. The second-order valence-corrected chi connectivity index (χ2v) is 10.2. The molecule has 186 valence electrons. The number of piperidine rings is 1. The standard InChI is InChI=1S/C27H33F2N5O/c1-32(2)23-10-8-19(9-11-23)17-33-13-5-12-27(18-33)25(30-22-6-3-4-7-22)31-26(35)34(27)24-15-20(28)14-21(29)16-24/h8-11,14-16,22H,3-7,12-13,17-18H2,1-2H3,(H,30,31,35). The molecule has 2 amide bonds. The van der Waals surface area contributed by atoms with E-state index in [-0.39, 0.29) is 17.8 Å². The van der Waals surface area contributed by atoms with Crippen LogP contribution >= 0.6 is 0 Å². The lowest BCUT2D eigenvalue weighted by atomic mass is 9.86. The molecule has 0 bridgehead atoms. The molecule has 1 atom stereocenters. The summed E-state index contributed by atoms with van der Waals surface area (Å²) in [5.74, 6) is -0.748. The van der Waals surface area contributed by atoms with Gasteiger partial charge in [0, 0.05) is 38.9 Å². The third kappa shape index (κ3) is 4.76. The Morgan fingerprint density at radius 2 is 1.74 bits per heavy atom. The normalized spacial score (nSPS) is 24.5. The molecule has 8 heteroatoms. The number of benzene rings is 2. The van der Waals surface area contributed by atoms with Gasteiger partial charge in [0.1, 0.15) is 23.0 Å². The minimum atomic E-state index is -0.776. The fourth-order valence-electron chi connectivity index (χ4n) is 5.77. The Kier molecular flexibility index (Phi) is 6.49. The van der Waals surface area contributed by atoms with Crippen molar-refractivity contribution >= 4 is 23.2 Å². The number of nitrogens with zero attached hydrogens (tertiary/aromatic N) is 4. The average Bonchev–Trinajstić information content (AvgIpc) is 3.40. The van der Waals surface area contributed by atoms with E-state index in [1.54, 1.807) is 4.90 Å². The molecule has 1 saturated carbocycles. The predicted octanol–water partition coefficient (Wildman–Crippen LogP) is 4.94. The molecule has 0 aromatic heterocycles. The van der Waals surface area contributed by atoms with E-state index in [0.29, 0.717) is 18.8 Å². The van der Waals surface area contributed by atoms with E-state index in [1.165, 1.54) is 17.7 Å². The molecule has 35 heavy (non-hydrogen) atoms. The summed E-state index contributed by atoms with van der Waals surface area (Å²) < 4.78 is 28.4. The Morgan fingerprint density at radius 1 is 1.06 bits per heavy atom. The van der Waals surface area contributed by atoms with Crippen molar-refractivity contribution in [3.63, 3.8) is 0 Å². The summed E-state index contributed by atoms with van der Waals surface area (Å²) in [6.45, 7) is 2.16. The van der Waals surface area contributed by atoms with E-state index >= 15 is 0 Å². The Morgan fingerprint density at radius 3 is 2.40 bits per heavy atom. The van der Waals surface area contributed by atoms with Gasteiger partial charge in [-0.3, -0.25) is 20.1 Å². The lowest BCUT2D eigenvalue weighted by Crippen LogP contribution is -2.60. The van der Waals surface area contributed by atoms with Crippen LogP contribution in [0.2, 0.25) is 0 Å². The van der Waals surface area contributed by atoms with E-state index in [0.717, 1.165) is 56.9 Å². The number of anilines is 2. The fourth-order valence-corrected chi connectivity index (χ4v) is 5.77. The Labute approximate surface area is 205 Å². The van der Waals surface area contributed by atoms with Gasteiger partial charge in [0.2, 0.25) is 0 Å². The van der Waals surface area contributed by atoms with Crippen molar-refractivity contribution in [2.75, 3.05) is 37.0 Å². The molecule has 2 aromatic rings. The maximum Gasteiger partial charge on any atom is 0.328 e. The van der Waals surface area contributed by atoms with Gasteiger partial charge in [-0.25, -0.2) is 13.6 Å². The molecule has 2 aromatic carbocycles. The van der Waals surface area contributed by atoms with Crippen molar-refractivity contribution in [3.05, 3.63) is 59.7 Å². The lowest BCUT2D eigenvalue weighted by Gasteiger charge is -2.44. The quantitative estimate of drug-likeness (QED) is 0.659. The Bertz CT molecular complexity index is 1090. The number of aliphatic imine (C=N–C) groups is 1. The number of amidine groups is 1. The highest BCUT2D eigenvalue weighted by Crippen LogP contribution is 2.38. The molecule has 3 aliphatic rings. The molecule has 3 fully saturated rings. The van der Waals surface area contributed by atoms with Crippen LogP contribution in [0.15, 0.2) is 47.5 Å². The zero-order valence-electron chi connectivity index (χ0n) is 20.4. The maximum absolute atomic E-state index is 14.2. The summed E-state index contributed by atoms with van der Waals surface area (Å²) in [6, 6.07) is 11.6. The van der Waals surface area contributed by atoms with Crippen molar-refractivity contribution in [1.29, 1.82) is 0 Å². The summed E-state index contributed by atoms with van der Waals surface area (Å²) >= 11 is 0. The van der Waals surface area contributed by atoms with Gasteiger partial charge in [-0.1, -0.05) is 25.0 Å². The van der Waals surface area contributed by atoms with Gasteiger partial charge in [0.05, 0.1) is 11.7 Å². The zero-order valence-corrected chi connectivity index (χ0v) is 20.4. The highest BCUT2D eigenvalue weighted by Gasteiger charge is 2.54. The molecule has 2 saturated heterocycles. The predicted molar refractivity (Wildman–Crippen MR) is 135 cm³/mol. The van der Waals surface area contributed by atoms with Gasteiger partial charge >= 0.3 is 6.03 Å². The topological polar surface area (TPSA) is 51.2 Å². The Hall–Kier alpha value is -3.00. The number of carbonyl (C=O) groups is 1. The number of halogens is 2. The van der Waals surface area contributed by atoms with Crippen LogP contribution in [0.4, 0.5) is 25.0 Å². The largest absolute Gasteiger partial charge is 0.378 e. The summed E-state index contributed by atoms with van der Waals surface area (Å²) in [7, 11) is 4.03. The van der Waals surface area contributed by atoms with Gasteiger partial charge in [0.15, 0.2) is 0 Å². The summed E-state index contributed by atoms with van der Waals surface area (Å²) in [4.78, 5) is 24.2. The molecule has 5 rings (SSSR count). The minimum Gasteiger partial charge on any atom is -0.378 e. The number of hydrogen-bond acceptors (Lipinski definition) is 4. The van der Waals surface area contributed by atoms with Crippen LogP contribution in [-0.4, -0.2) is 55.5 Å². The van der Waals surface area contributed by atoms with Gasteiger partial charge < -0.3 is 4.90 Å². The van der Waals surface area contributed by atoms with E-state index in [1.807, 2.05) is 14.1 Å². The van der Waals surface area contributed by atoms with Crippen molar-refractivity contribution < 1.29 is 13.6 Å². The number of carbonyl (C=O) groups excluding carboxylic acids is 1. The molecule has 0 radical (unpaired) electrons. The van der Waals surface area contributed by atoms with Crippen LogP contribution in [0, 0.1) is 11.6 Å². The van der Waals surface area contributed by atoms with Crippen LogP contribution in [0.25, 0.3) is 0 Å². The van der Waals surface area contributed by atoms with Crippen molar-refractivity contribution in [2.24, 2.45) is 4.99 Å². The minimum absolute atomic E-state index is 0.181. The van der Waals surface area contributed by atoms with Crippen LogP contribution in [0.5, 0.6) is 0 Å². The lowest BCUT2D eigenvalue weighted by molar-refractivity contribution is 0.176. The molecule has 2 aliphatic heterocycles. The first kappa shape index (κ1) is 23.7. The third-order valence-electron chi connectivity index (χ3n) is 7.45. The second-order valence-electron chi connectivity index (χ2n) is 10.2. The summed E-state index contributed by atoms with van der Waals surface area (Å²) in [5.41, 5.74) is 1.78. The first-order chi connectivity index (χ1) is 16.8. The van der Waals surface area contributed by atoms with Gasteiger partial charge in [-0.05, 0) is 62.1 Å². The van der Waals surface area contributed by atoms with Crippen molar-refractivity contribution in [3.8, 4) is 0 Å². The number of amides is 2. The molecule has 2 heterocycles. The van der Waals surface area contributed by atoms with E-state index in [9.17, 15) is 13.6 Å². The highest BCUT2D eigenvalue weighted by atomic mass is 19.1. The highest BCUT2D eigenvalue weighted by molar-refractivity contribution is 6.19. The maximum atomic E-state index is 14.2. The molecular formula is C27H33F2N5O. The molecule has 1 aliphatic carbocycles. The first-order valence-corrected chi connectivity index (χ1v) is 12.5. The van der Waals surface area contributed by atoms with E-state index < -0.39 is 17.2 Å². The fraction of sp³-hybridized carbons (Fsp3) is 0.481. The number of nitrogens with one attached hydrogen (secondary N) is 1. The van der Waals surface area contributed by atoms with Crippen LogP contribution in [-0.2, 0) is 6.54 Å². The molecule has 1 N–H and O–H groups in total. The molecule has 1 spiro atoms. The average molecular weight is 482 g/mol. The monoisotopic (exact) mass is 481 g/mol. The molecular weight excluding hydrogens is 448 g/mol. The zero-order chi connectivity index (χ0) is 24.6. The number of likely N-dealkylation sites (tertiary alicyclic amines) is 1. The van der Waals surface area contributed by atoms with Crippen molar-refractivity contribution in [1.82, 2.24) is 10.2 Å². The van der Waals surface area contributed by atoms with E-state index in [2.05, 4.69) is 39.4 Å². The smallest absolute Gasteiger partial charge is 0.328 e. The Balaban J connectivity index is 1.49. The SMILES string of the molecule is CN(C)c1ccc(CN2CCCC3(C2)C(=NC2CCCC2)NC(=O)N3c2cc(F)cc(F)c2)cc1. The van der Waals surface area contributed by atoms with Gasteiger partial charge in [-0.15, -0.1) is 0 Å².